The van der Waals surface area contributed by atoms with E-state index in [-0.39, 0.29) is 122 Å². The summed E-state index contributed by atoms with van der Waals surface area (Å²) in [5.41, 5.74) is 5.45. The number of imidazole rings is 3. The number of rotatable bonds is 49. The van der Waals surface area contributed by atoms with Gasteiger partial charge in [-0.1, -0.05) is 23.7 Å². The highest BCUT2D eigenvalue weighted by Crippen LogP contribution is 2.40. The molecule has 0 saturated heterocycles. The minimum Gasteiger partial charge on any atom is -0.491 e. The number of fused-ring (bicyclic) bond motifs is 3. The standard InChI is InChI=1S/C80H102ClN23O16S/c1-50-51(2)121-80-69(50)70(53-11-13-54(81)14-12-53)92-59(72-98-97-52(3)104(72)80)45-68(109)89-55-15-17-58(18-16-55)120-42-41-119-40-39-118-38-37-117-36-35-116-34-33-115-32-22-65(106)83-24-10-30-99(4)29-9-23-82-64(105)19-25-87-77(112)71-88-46-62(95-71)93-66(107)20-26-85-76(111)61-44-57(48-102(61)7)91-79(114)74-96-63(49-103(74)8)94-67(108)21-27-86-75(110)60-43-56(47-101(60)6)90-78(113)73-84-28-31-100(73)5/h11-18,28,31,43-44,46-49,59H,9-10,19-27,29-30,32-42,45H2,1-8H3,(H,82,105)(H,83,106)(H,85,111)(H,86,110)(H,87,112)(H,88,95)(H,89,109)(H,90,113)(H,91,114)(H,93,107)(H,94,108)/t59-/m0/s1. The van der Waals surface area contributed by atoms with E-state index in [4.69, 9.17) is 45.0 Å². The van der Waals surface area contributed by atoms with Crippen molar-refractivity contribution in [2.24, 2.45) is 33.2 Å². The number of aromatic nitrogens is 11. The Hall–Kier alpha value is -12.3. The number of nitrogens with one attached hydrogen (secondary N) is 11. The molecule has 0 radical (unpaired) electrons. The van der Waals surface area contributed by atoms with E-state index in [1.165, 1.54) is 50.6 Å². The van der Waals surface area contributed by atoms with E-state index in [1.807, 2.05) is 42.8 Å². The molecule has 8 heterocycles. The number of aryl methyl sites for hydroxylation is 6. The molecule has 2 aromatic carbocycles. The van der Waals surface area contributed by atoms with Crippen molar-refractivity contribution < 1.29 is 76.4 Å². The Morgan fingerprint density at radius 2 is 1.06 bits per heavy atom. The molecule has 11 N–H and O–H groups in total. The van der Waals surface area contributed by atoms with Crippen molar-refractivity contribution >= 4 is 116 Å². The average Bonchev–Trinajstić information content (AvgIpc) is 1.59. The molecule has 0 spiro atoms. The number of hydrogen-bond acceptors (Lipinski definition) is 24. The molecule has 0 unspecified atom stereocenters. The van der Waals surface area contributed by atoms with Gasteiger partial charge in [0.1, 0.15) is 40.6 Å². The number of ether oxygens (including phenoxy) is 6. The number of thiophene rings is 1. The first-order chi connectivity index (χ1) is 58.3. The van der Waals surface area contributed by atoms with Crippen LogP contribution in [0.1, 0.15) is 137 Å². The number of aromatic amines is 1. The van der Waals surface area contributed by atoms with Crippen LogP contribution in [-0.2, 0) is 75.8 Å². The largest absolute Gasteiger partial charge is 0.491 e. The van der Waals surface area contributed by atoms with Crippen molar-refractivity contribution in [2.45, 2.75) is 71.8 Å². The number of amides is 10. The van der Waals surface area contributed by atoms with Gasteiger partial charge in [-0.15, -0.1) is 21.5 Å². The van der Waals surface area contributed by atoms with Crippen molar-refractivity contribution in [1.82, 2.24) is 84.5 Å². The molecule has 39 nitrogen and oxygen atoms in total. The van der Waals surface area contributed by atoms with Crippen LogP contribution in [0.4, 0.5) is 28.7 Å². The first-order valence-electron chi connectivity index (χ1n) is 39.3. The number of hydrogen-bond donors (Lipinski definition) is 11. The highest BCUT2D eigenvalue weighted by molar-refractivity contribution is 7.15. The van der Waals surface area contributed by atoms with Crippen LogP contribution in [0.3, 0.4) is 0 Å². The van der Waals surface area contributed by atoms with Crippen molar-refractivity contribution in [3.63, 3.8) is 0 Å². The SMILES string of the molecule is Cc1sc2c(c1C)C(c1ccc(Cl)cc1)=N[C@@H](CC(=O)Nc1ccc(OCCOCCOCCOCCOCCOCCC(=O)NCCCN(C)CCCNC(=O)CCNC(=O)c3nc(NC(=O)CCNC(=O)c4cc(NC(=O)c5nc(NC(=O)CCNC(=O)c6cc(NC(=O)c7nccn7C)cn6C)cn5C)cn4C)c[nH]3)cc1)c1nnc(C)n1-2. The van der Waals surface area contributed by atoms with Gasteiger partial charge in [0.25, 0.3) is 29.5 Å². The molecule has 0 fully saturated rings. The van der Waals surface area contributed by atoms with E-state index < -0.39 is 47.4 Å². The van der Waals surface area contributed by atoms with E-state index in [0.717, 1.165) is 51.1 Å². The summed E-state index contributed by atoms with van der Waals surface area (Å²) in [5.74, 6) is -2.12. The third-order valence-corrected chi connectivity index (χ3v) is 20.2. The minimum atomic E-state index is -0.641. The maximum absolute atomic E-state index is 13.6. The van der Waals surface area contributed by atoms with Crippen LogP contribution in [0.15, 0.2) is 103 Å². The molecule has 0 aliphatic carbocycles. The summed E-state index contributed by atoms with van der Waals surface area (Å²) >= 11 is 7.92. The molecule has 10 rings (SSSR count). The number of carbonyl (C=O) groups excluding carboxylic acids is 10. The third kappa shape index (κ3) is 27.6. The lowest BCUT2D eigenvalue weighted by Crippen LogP contribution is -2.33. The molecular weight excluding hydrogens is 1610 g/mol. The number of nitrogens with zero attached hydrogens (tertiary/aromatic N) is 12. The maximum Gasteiger partial charge on any atom is 0.291 e. The van der Waals surface area contributed by atoms with Crippen molar-refractivity contribution in [3.05, 3.63) is 165 Å². The molecule has 1 aliphatic heterocycles. The molecule has 7 aromatic heterocycles. The topological polar surface area (TPSA) is 467 Å². The molecule has 9 aromatic rings. The molecule has 646 valence electrons. The van der Waals surface area contributed by atoms with Crippen LogP contribution >= 0.6 is 22.9 Å². The van der Waals surface area contributed by atoms with Gasteiger partial charge in [0.2, 0.25) is 35.4 Å². The number of aliphatic imine (C=N–C) groups is 1. The van der Waals surface area contributed by atoms with E-state index in [9.17, 15) is 47.9 Å². The second kappa shape index (κ2) is 45.7. The second-order valence-corrected chi connectivity index (χ2v) is 29.7. The Balaban J connectivity index is 0.471. The molecule has 41 heteroatoms. The van der Waals surface area contributed by atoms with Crippen LogP contribution in [0.2, 0.25) is 5.02 Å². The fourth-order valence-corrected chi connectivity index (χ4v) is 13.8. The Kier molecular flexibility index (Phi) is 34.4. The molecule has 121 heavy (non-hydrogen) atoms. The lowest BCUT2D eigenvalue weighted by molar-refractivity contribution is -0.122. The van der Waals surface area contributed by atoms with E-state index in [2.05, 4.69) is 102 Å². The molecule has 0 saturated carbocycles. The Labute approximate surface area is 706 Å². The Morgan fingerprint density at radius 1 is 0.521 bits per heavy atom. The summed E-state index contributed by atoms with van der Waals surface area (Å²) < 4.78 is 41.8. The van der Waals surface area contributed by atoms with Crippen molar-refractivity contribution in [3.8, 4) is 10.8 Å². The summed E-state index contributed by atoms with van der Waals surface area (Å²) in [4.78, 5) is 152. The van der Waals surface area contributed by atoms with Gasteiger partial charge in [0.05, 0.1) is 89.6 Å². The lowest BCUT2D eigenvalue weighted by Gasteiger charge is -2.16. The predicted molar refractivity (Wildman–Crippen MR) is 450 cm³/mol. The van der Waals surface area contributed by atoms with E-state index >= 15 is 0 Å². The normalized spacial score (nSPS) is 12.2. The van der Waals surface area contributed by atoms with Crippen molar-refractivity contribution in [1.29, 1.82) is 0 Å². The minimum absolute atomic E-state index is 0.0238. The number of H-pyrrole nitrogens is 1. The summed E-state index contributed by atoms with van der Waals surface area (Å²) in [7, 11) is 8.43. The smallest absolute Gasteiger partial charge is 0.291 e. The number of halogens is 1. The number of anilines is 5. The zero-order valence-electron chi connectivity index (χ0n) is 68.7. The number of benzene rings is 2. The zero-order chi connectivity index (χ0) is 86.3. The van der Waals surface area contributed by atoms with Crippen LogP contribution < -0.4 is 57.9 Å². The van der Waals surface area contributed by atoms with Gasteiger partial charge in [0, 0.05) is 150 Å². The fourth-order valence-electron chi connectivity index (χ4n) is 12.4. The highest BCUT2D eigenvalue weighted by atomic mass is 35.5. The Bertz CT molecular complexity index is 5080. The summed E-state index contributed by atoms with van der Waals surface area (Å²) in [6.45, 7) is 12.4. The van der Waals surface area contributed by atoms with E-state index in [0.29, 0.717) is 120 Å². The molecule has 0 bridgehead atoms. The first kappa shape index (κ1) is 91.0. The quantitative estimate of drug-likeness (QED) is 0.0214. The van der Waals surface area contributed by atoms with Gasteiger partial charge in [0.15, 0.2) is 29.1 Å². The molecular formula is C80H102ClN23O16S. The van der Waals surface area contributed by atoms with Gasteiger partial charge in [-0.05, 0) is 108 Å². The van der Waals surface area contributed by atoms with Gasteiger partial charge in [-0.2, -0.15) is 0 Å². The van der Waals surface area contributed by atoms with Gasteiger partial charge >= 0.3 is 0 Å². The molecule has 10 amide bonds. The van der Waals surface area contributed by atoms with E-state index in [1.54, 1.807) is 80.8 Å². The van der Waals surface area contributed by atoms with Crippen molar-refractivity contribution in [2.75, 3.05) is 152 Å². The van der Waals surface area contributed by atoms with Crippen LogP contribution in [0.5, 0.6) is 5.75 Å². The highest BCUT2D eigenvalue weighted by Gasteiger charge is 2.33. The maximum atomic E-state index is 13.6. The van der Waals surface area contributed by atoms with Crippen LogP contribution in [-0.4, -0.2) is 248 Å². The monoisotopic (exact) mass is 1710 g/mol. The third-order valence-electron chi connectivity index (χ3n) is 18.7. The molecule has 1 atom stereocenters. The fraction of sp³-hybridized carbons (Fsp3) is 0.425. The summed E-state index contributed by atoms with van der Waals surface area (Å²) in [6.07, 6.45) is 10.4. The summed E-state index contributed by atoms with van der Waals surface area (Å²) in [6, 6.07) is 17.0. The lowest BCUT2D eigenvalue weighted by atomic mass is 9.99. The van der Waals surface area contributed by atoms with Crippen LogP contribution in [0, 0.1) is 20.8 Å². The van der Waals surface area contributed by atoms with Gasteiger partial charge in [-0.25, -0.2) is 15.0 Å². The van der Waals surface area contributed by atoms with Gasteiger partial charge < -0.3 is 110 Å². The number of carbonyl (C=O) groups is 10. The molecule has 1 aliphatic rings. The second-order valence-electron chi connectivity index (χ2n) is 28.1. The summed E-state index contributed by atoms with van der Waals surface area (Å²) in [5, 5.41) is 37.8. The average molecular weight is 1710 g/mol. The Morgan fingerprint density at radius 3 is 1.64 bits per heavy atom. The van der Waals surface area contributed by atoms with Crippen LogP contribution in [0.25, 0.3) is 5.00 Å². The zero-order valence-corrected chi connectivity index (χ0v) is 70.2. The first-order valence-corrected chi connectivity index (χ1v) is 40.5. The predicted octanol–water partition coefficient (Wildman–Crippen LogP) is 5.33. The van der Waals surface area contributed by atoms with Gasteiger partial charge in [-0.3, -0.25) is 57.5 Å².